The van der Waals surface area contributed by atoms with E-state index in [1.807, 2.05) is 6.92 Å². The van der Waals surface area contributed by atoms with Crippen molar-refractivity contribution in [3.05, 3.63) is 94.8 Å². The third-order valence-electron chi connectivity index (χ3n) is 4.48. The third-order valence-corrected chi connectivity index (χ3v) is 5.85. The molecule has 3 rings (SSSR count). The lowest BCUT2D eigenvalue weighted by atomic mass is 10.1. The summed E-state index contributed by atoms with van der Waals surface area (Å²) < 4.78 is 41.6. The lowest BCUT2D eigenvalue weighted by Crippen LogP contribution is -2.42. The number of benzene rings is 3. The Morgan fingerprint density at radius 1 is 0.806 bits per heavy atom. The van der Waals surface area contributed by atoms with Gasteiger partial charge < -0.3 is 0 Å². The topological polar surface area (TPSA) is 104 Å². The highest BCUT2D eigenvalue weighted by Gasteiger charge is 2.19. The Bertz CT molecular complexity index is 1240. The molecule has 3 N–H and O–H groups in total. The van der Waals surface area contributed by atoms with Crippen LogP contribution in [-0.4, -0.2) is 20.2 Å². The maximum atomic E-state index is 13.7. The Hall–Kier alpha value is -3.72. The van der Waals surface area contributed by atoms with Gasteiger partial charge in [-0.25, -0.2) is 12.8 Å². The van der Waals surface area contributed by atoms with Crippen molar-refractivity contribution in [3.8, 4) is 0 Å². The summed E-state index contributed by atoms with van der Waals surface area (Å²) in [6.07, 6.45) is 0. The van der Waals surface area contributed by atoms with E-state index in [9.17, 15) is 22.4 Å². The second kappa shape index (κ2) is 8.97. The molecule has 0 aliphatic heterocycles. The number of hydrogen-bond donors (Lipinski definition) is 3. The molecule has 0 aliphatic carbocycles. The molecule has 0 unspecified atom stereocenters. The Labute approximate surface area is 179 Å². The molecule has 0 aliphatic rings. The van der Waals surface area contributed by atoms with Crippen molar-refractivity contribution in [3.63, 3.8) is 0 Å². The molecule has 9 heteroatoms. The van der Waals surface area contributed by atoms with Gasteiger partial charge in [-0.05, 0) is 55.8 Å². The number of nitrogens with one attached hydrogen (secondary N) is 3. The summed E-state index contributed by atoms with van der Waals surface area (Å²) in [6.45, 7) is 3.51. The van der Waals surface area contributed by atoms with Crippen LogP contribution in [0.25, 0.3) is 0 Å². The second-order valence-electron chi connectivity index (χ2n) is 6.84. The van der Waals surface area contributed by atoms with Crippen LogP contribution in [0, 0.1) is 19.7 Å². The molecule has 7 nitrogen and oxygen atoms in total. The highest BCUT2D eigenvalue weighted by Crippen LogP contribution is 2.20. The zero-order valence-corrected chi connectivity index (χ0v) is 17.6. The number of carbonyl (C=O) groups is 2. The van der Waals surface area contributed by atoms with Gasteiger partial charge in [0, 0.05) is 11.3 Å². The fraction of sp³-hybridized carbons (Fsp3) is 0.0909. The van der Waals surface area contributed by atoms with Crippen LogP contribution in [0.1, 0.15) is 31.8 Å². The molecule has 0 saturated carbocycles. The number of carbonyl (C=O) groups excluding carboxylic acids is 2. The lowest BCUT2D eigenvalue weighted by molar-refractivity contribution is 0.0843. The van der Waals surface area contributed by atoms with Gasteiger partial charge in [0.05, 0.1) is 10.5 Å². The van der Waals surface area contributed by atoms with E-state index in [2.05, 4.69) is 15.6 Å². The van der Waals surface area contributed by atoms with Crippen LogP contribution in [0.3, 0.4) is 0 Å². The van der Waals surface area contributed by atoms with E-state index in [0.29, 0.717) is 11.3 Å². The van der Waals surface area contributed by atoms with Gasteiger partial charge in [0.15, 0.2) is 0 Å². The van der Waals surface area contributed by atoms with Gasteiger partial charge in [0.2, 0.25) is 0 Å². The molecule has 2 amide bonds. The second-order valence-corrected chi connectivity index (χ2v) is 8.52. The molecule has 3 aromatic carbocycles. The van der Waals surface area contributed by atoms with Crippen LogP contribution >= 0.6 is 0 Å². The molecule has 3 aromatic rings. The van der Waals surface area contributed by atoms with E-state index in [1.54, 1.807) is 31.2 Å². The monoisotopic (exact) mass is 441 g/mol. The Balaban J connectivity index is 1.77. The fourth-order valence-corrected chi connectivity index (χ4v) is 3.83. The SMILES string of the molecule is Cc1ccc(NS(=O)(=O)c2ccc(C)c(C(=O)NNC(=O)c3ccccc3F)c2)cc1. The minimum Gasteiger partial charge on any atom is -0.280 e. The van der Waals surface area contributed by atoms with Gasteiger partial charge in [-0.3, -0.25) is 25.2 Å². The van der Waals surface area contributed by atoms with Crippen molar-refractivity contribution in [2.24, 2.45) is 0 Å². The maximum Gasteiger partial charge on any atom is 0.272 e. The molecule has 0 fully saturated rings. The molecule has 0 aromatic heterocycles. The standard InChI is InChI=1S/C22H20FN3O4S/c1-14-7-10-16(11-8-14)26-31(29,30)17-12-9-15(2)19(13-17)22(28)25-24-21(27)18-5-3-4-6-20(18)23/h3-13,26H,1-2H3,(H,24,27)(H,25,28). The largest absolute Gasteiger partial charge is 0.280 e. The molecule has 0 heterocycles. The smallest absolute Gasteiger partial charge is 0.272 e. The van der Waals surface area contributed by atoms with Crippen LogP contribution in [0.15, 0.2) is 71.6 Å². The average Bonchev–Trinajstić information content (AvgIpc) is 2.73. The Kier molecular flexibility index (Phi) is 6.36. The van der Waals surface area contributed by atoms with E-state index >= 15 is 0 Å². The van der Waals surface area contributed by atoms with E-state index in [4.69, 9.17) is 0 Å². The van der Waals surface area contributed by atoms with E-state index in [1.165, 1.54) is 36.4 Å². The number of sulfonamides is 1. The summed E-state index contributed by atoms with van der Waals surface area (Å²) in [5, 5.41) is 0. The van der Waals surface area contributed by atoms with Gasteiger partial charge in [0.1, 0.15) is 5.82 Å². The molecule has 0 radical (unpaired) electrons. The number of rotatable bonds is 5. The van der Waals surface area contributed by atoms with Crippen LogP contribution in [0.2, 0.25) is 0 Å². The molecule has 0 atom stereocenters. The zero-order valence-electron chi connectivity index (χ0n) is 16.8. The highest BCUT2D eigenvalue weighted by atomic mass is 32.2. The summed E-state index contributed by atoms with van der Waals surface area (Å²) >= 11 is 0. The highest BCUT2D eigenvalue weighted by molar-refractivity contribution is 7.92. The molecule has 0 saturated heterocycles. The first-order valence-electron chi connectivity index (χ1n) is 9.23. The first kappa shape index (κ1) is 22.0. The van der Waals surface area contributed by atoms with Crippen LogP contribution in [0.5, 0.6) is 0 Å². The van der Waals surface area contributed by atoms with E-state index < -0.39 is 27.7 Å². The van der Waals surface area contributed by atoms with Crippen LogP contribution in [-0.2, 0) is 10.0 Å². The van der Waals surface area contributed by atoms with Crippen molar-refractivity contribution in [2.75, 3.05) is 4.72 Å². The van der Waals surface area contributed by atoms with Crippen molar-refractivity contribution in [1.29, 1.82) is 0 Å². The number of anilines is 1. The minimum absolute atomic E-state index is 0.0422. The number of hydrazine groups is 1. The number of halogens is 1. The third kappa shape index (κ3) is 5.26. The van der Waals surface area contributed by atoms with Gasteiger partial charge >= 0.3 is 0 Å². The van der Waals surface area contributed by atoms with Gasteiger partial charge in [-0.2, -0.15) is 0 Å². The minimum atomic E-state index is -3.95. The summed E-state index contributed by atoms with van der Waals surface area (Å²) in [5.41, 5.74) is 5.97. The predicted molar refractivity (Wildman–Crippen MR) is 114 cm³/mol. The first-order chi connectivity index (χ1) is 14.7. The molecular formula is C22H20FN3O4S. The molecular weight excluding hydrogens is 421 g/mol. The van der Waals surface area contributed by atoms with Crippen LogP contribution in [0.4, 0.5) is 10.1 Å². The van der Waals surface area contributed by atoms with Crippen molar-refractivity contribution in [1.82, 2.24) is 10.9 Å². The van der Waals surface area contributed by atoms with Crippen molar-refractivity contribution in [2.45, 2.75) is 18.7 Å². The number of hydrogen-bond acceptors (Lipinski definition) is 4. The zero-order chi connectivity index (χ0) is 22.6. The predicted octanol–water partition coefficient (Wildman–Crippen LogP) is 3.32. The molecule has 0 spiro atoms. The van der Waals surface area contributed by atoms with Crippen LogP contribution < -0.4 is 15.6 Å². The van der Waals surface area contributed by atoms with Gasteiger partial charge in [-0.1, -0.05) is 35.9 Å². The number of aryl methyl sites for hydroxylation is 2. The van der Waals surface area contributed by atoms with E-state index in [0.717, 1.165) is 11.6 Å². The summed E-state index contributed by atoms with van der Waals surface area (Å²) in [6, 6.07) is 16.2. The van der Waals surface area contributed by atoms with Crippen molar-refractivity contribution >= 4 is 27.5 Å². The summed E-state index contributed by atoms with van der Waals surface area (Å²) in [4.78, 5) is 24.5. The van der Waals surface area contributed by atoms with Gasteiger partial charge in [-0.15, -0.1) is 0 Å². The maximum absolute atomic E-state index is 13.7. The lowest BCUT2D eigenvalue weighted by Gasteiger charge is -2.12. The quantitative estimate of drug-likeness (QED) is 0.529. The fourth-order valence-electron chi connectivity index (χ4n) is 2.74. The summed E-state index contributed by atoms with van der Waals surface area (Å²) in [7, 11) is -3.95. The average molecular weight is 441 g/mol. The van der Waals surface area contributed by atoms with E-state index in [-0.39, 0.29) is 16.0 Å². The molecule has 0 bridgehead atoms. The Morgan fingerprint density at radius 2 is 1.42 bits per heavy atom. The Morgan fingerprint density at radius 3 is 2.06 bits per heavy atom. The molecule has 31 heavy (non-hydrogen) atoms. The first-order valence-corrected chi connectivity index (χ1v) is 10.7. The summed E-state index contributed by atoms with van der Waals surface area (Å²) in [5.74, 6) is -2.32. The molecule has 160 valence electrons. The normalized spacial score (nSPS) is 10.9. The van der Waals surface area contributed by atoms with Gasteiger partial charge in [0.25, 0.3) is 21.8 Å². The number of amides is 2. The van der Waals surface area contributed by atoms with Crippen molar-refractivity contribution < 1.29 is 22.4 Å².